The molecule has 0 saturated carbocycles. The zero-order valence-corrected chi connectivity index (χ0v) is 6.20. The van der Waals surface area contributed by atoms with Crippen LogP contribution in [0.5, 0.6) is 0 Å². The van der Waals surface area contributed by atoms with Crippen molar-refractivity contribution >= 4 is 5.97 Å². The highest BCUT2D eigenvalue weighted by Gasteiger charge is 2.19. The Kier molecular flexibility index (Phi) is 3.99. The van der Waals surface area contributed by atoms with Crippen molar-refractivity contribution < 1.29 is 14.6 Å². The highest BCUT2D eigenvalue weighted by atomic mass is 16.5. The summed E-state index contributed by atoms with van der Waals surface area (Å²) in [5.41, 5.74) is 5.22. The van der Waals surface area contributed by atoms with E-state index in [2.05, 4.69) is 4.74 Å². The van der Waals surface area contributed by atoms with Crippen molar-refractivity contribution in [2.24, 2.45) is 5.73 Å². The molecule has 0 aliphatic heterocycles. The summed E-state index contributed by atoms with van der Waals surface area (Å²) < 4.78 is 4.50. The summed E-state index contributed by atoms with van der Waals surface area (Å²) >= 11 is 0. The van der Waals surface area contributed by atoms with E-state index in [0.717, 1.165) is 0 Å². The molecule has 0 rings (SSSR count). The Bertz CT molecular complexity index is 114. The Labute approximate surface area is 60.0 Å². The van der Waals surface area contributed by atoms with Crippen molar-refractivity contribution in [1.29, 1.82) is 0 Å². The van der Waals surface area contributed by atoms with Crippen LogP contribution >= 0.6 is 0 Å². The summed E-state index contributed by atoms with van der Waals surface area (Å²) in [7, 11) is 0. The van der Waals surface area contributed by atoms with E-state index in [0.29, 0.717) is 0 Å². The van der Waals surface area contributed by atoms with Gasteiger partial charge < -0.3 is 15.6 Å². The maximum Gasteiger partial charge on any atom is 0.336 e. The molecule has 0 heterocycles. The minimum Gasteiger partial charge on any atom is -0.464 e. The van der Waals surface area contributed by atoms with Crippen LogP contribution in [0.4, 0.5) is 0 Å². The first-order valence-electron chi connectivity index (χ1n) is 3.19. The van der Waals surface area contributed by atoms with Gasteiger partial charge in [0.2, 0.25) is 0 Å². The van der Waals surface area contributed by atoms with Crippen LogP contribution in [0.1, 0.15) is 13.8 Å². The fraction of sp³-hybridized carbons (Fsp3) is 0.833. The molecule has 0 saturated heterocycles. The standard InChI is InChI=1S/C6H13NO3/c1-3-10-6(9)5(8)4(2)7/h4-5,8H,3,7H2,1-2H3/t4-,5+/m1/s1. The smallest absolute Gasteiger partial charge is 0.336 e. The van der Waals surface area contributed by atoms with E-state index in [1.165, 1.54) is 0 Å². The van der Waals surface area contributed by atoms with Gasteiger partial charge in [-0.3, -0.25) is 0 Å². The molecule has 60 valence electrons. The Morgan fingerprint density at radius 3 is 2.60 bits per heavy atom. The SMILES string of the molecule is CCOC(=O)[C@@H](O)[C@@H](C)N. The second-order valence-electron chi connectivity index (χ2n) is 2.06. The first kappa shape index (κ1) is 9.39. The van der Waals surface area contributed by atoms with Gasteiger partial charge >= 0.3 is 5.97 Å². The Morgan fingerprint density at radius 1 is 1.80 bits per heavy atom. The van der Waals surface area contributed by atoms with Gasteiger partial charge in [0.15, 0.2) is 6.10 Å². The van der Waals surface area contributed by atoms with Crippen molar-refractivity contribution in [2.75, 3.05) is 6.61 Å². The molecule has 4 nitrogen and oxygen atoms in total. The predicted octanol–water partition coefficient (Wildman–Crippen LogP) is -0.742. The lowest BCUT2D eigenvalue weighted by Crippen LogP contribution is -2.39. The quantitative estimate of drug-likeness (QED) is 0.515. The molecule has 0 spiro atoms. The van der Waals surface area contributed by atoms with Gasteiger partial charge in [0, 0.05) is 6.04 Å². The highest BCUT2D eigenvalue weighted by Crippen LogP contribution is 1.92. The molecule has 3 N–H and O–H groups in total. The first-order valence-corrected chi connectivity index (χ1v) is 3.19. The van der Waals surface area contributed by atoms with Crippen LogP contribution < -0.4 is 5.73 Å². The lowest BCUT2D eigenvalue weighted by atomic mass is 10.2. The van der Waals surface area contributed by atoms with Crippen molar-refractivity contribution in [1.82, 2.24) is 0 Å². The van der Waals surface area contributed by atoms with Gasteiger partial charge in [-0.2, -0.15) is 0 Å². The summed E-state index contributed by atoms with van der Waals surface area (Å²) in [5, 5.41) is 8.93. The molecule has 0 aromatic carbocycles. The summed E-state index contributed by atoms with van der Waals surface area (Å²) in [4.78, 5) is 10.6. The van der Waals surface area contributed by atoms with Crippen LogP contribution in [0.15, 0.2) is 0 Å². The fourth-order valence-electron chi connectivity index (χ4n) is 0.442. The fourth-order valence-corrected chi connectivity index (χ4v) is 0.442. The van der Waals surface area contributed by atoms with Crippen molar-refractivity contribution in [2.45, 2.75) is 26.0 Å². The minimum absolute atomic E-state index is 0.266. The summed E-state index contributed by atoms with van der Waals surface area (Å²) in [6, 6.07) is -0.570. The number of aliphatic hydroxyl groups excluding tert-OH is 1. The number of ether oxygens (including phenoxy) is 1. The van der Waals surface area contributed by atoms with Crippen LogP contribution in [0.2, 0.25) is 0 Å². The molecular weight excluding hydrogens is 134 g/mol. The average Bonchev–Trinajstić information content (AvgIpc) is 1.87. The maximum atomic E-state index is 10.6. The third-order valence-electron chi connectivity index (χ3n) is 1.03. The largest absolute Gasteiger partial charge is 0.464 e. The summed E-state index contributed by atoms with van der Waals surface area (Å²) in [5.74, 6) is -0.655. The monoisotopic (exact) mass is 147 g/mol. The number of esters is 1. The van der Waals surface area contributed by atoms with Gasteiger partial charge in [0.1, 0.15) is 0 Å². The van der Waals surface area contributed by atoms with Gasteiger partial charge in [0.05, 0.1) is 6.61 Å². The number of hydrogen-bond donors (Lipinski definition) is 2. The number of carbonyl (C=O) groups is 1. The van der Waals surface area contributed by atoms with E-state index < -0.39 is 18.1 Å². The molecule has 0 amide bonds. The normalized spacial score (nSPS) is 16.0. The number of hydrogen-bond acceptors (Lipinski definition) is 4. The summed E-state index contributed by atoms with van der Waals surface area (Å²) in [6.07, 6.45) is -1.19. The molecule has 0 fully saturated rings. The molecule has 2 atom stereocenters. The second-order valence-corrected chi connectivity index (χ2v) is 2.06. The van der Waals surface area contributed by atoms with Crippen molar-refractivity contribution in [3.63, 3.8) is 0 Å². The third-order valence-corrected chi connectivity index (χ3v) is 1.03. The molecule has 10 heavy (non-hydrogen) atoms. The van der Waals surface area contributed by atoms with Gasteiger partial charge in [-0.25, -0.2) is 4.79 Å². The van der Waals surface area contributed by atoms with E-state index in [1.807, 2.05) is 0 Å². The zero-order valence-electron chi connectivity index (χ0n) is 6.20. The van der Waals surface area contributed by atoms with E-state index >= 15 is 0 Å². The summed E-state index contributed by atoms with van der Waals surface area (Å²) in [6.45, 7) is 3.48. The Morgan fingerprint density at radius 2 is 2.30 bits per heavy atom. The molecule has 0 unspecified atom stereocenters. The lowest BCUT2D eigenvalue weighted by Gasteiger charge is -2.11. The number of nitrogens with two attached hydrogens (primary N) is 1. The molecule has 0 aliphatic rings. The van der Waals surface area contributed by atoms with Crippen molar-refractivity contribution in [3.05, 3.63) is 0 Å². The van der Waals surface area contributed by atoms with Crippen LogP contribution in [0.25, 0.3) is 0 Å². The van der Waals surface area contributed by atoms with Crippen LogP contribution in [0, 0.1) is 0 Å². The van der Waals surface area contributed by atoms with Gasteiger partial charge in [0.25, 0.3) is 0 Å². The molecule has 4 heteroatoms. The second kappa shape index (κ2) is 4.24. The minimum atomic E-state index is -1.19. The lowest BCUT2D eigenvalue weighted by molar-refractivity contribution is -0.153. The molecule has 0 aliphatic carbocycles. The molecule has 0 aromatic heterocycles. The topological polar surface area (TPSA) is 72.5 Å². The van der Waals surface area contributed by atoms with Gasteiger partial charge in [-0.15, -0.1) is 0 Å². The van der Waals surface area contributed by atoms with Crippen LogP contribution in [-0.2, 0) is 9.53 Å². The number of rotatable bonds is 3. The van der Waals surface area contributed by atoms with E-state index in [-0.39, 0.29) is 6.61 Å². The molecule has 0 aromatic rings. The predicted molar refractivity (Wildman–Crippen MR) is 36.3 cm³/mol. The third kappa shape index (κ3) is 2.80. The average molecular weight is 147 g/mol. The van der Waals surface area contributed by atoms with Crippen LogP contribution in [0.3, 0.4) is 0 Å². The maximum absolute atomic E-state index is 10.6. The van der Waals surface area contributed by atoms with E-state index in [9.17, 15) is 4.79 Å². The Balaban J connectivity index is 3.71. The molecular formula is C6H13NO3. The first-order chi connectivity index (χ1) is 4.59. The number of aliphatic hydroxyl groups is 1. The van der Waals surface area contributed by atoms with E-state index in [4.69, 9.17) is 10.8 Å². The highest BCUT2D eigenvalue weighted by molar-refractivity contribution is 5.75. The van der Waals surface area contributed by atoms with Crippen molar-refractivity contribution in [3.8, 4) is 0 Å². The Hall–Kier alpha value is -0.610. The number of carbonyl (C=O) groups excluding carboxylic acids is 1. The van der Waals surface area contributed by atoms with Crippen LogP contribution in [-0.4, -0.2) is 29.8 Å². The van der Waals surface area contributed by atoms with E-state index in [1.54, 1.807) is 13.8 Å². The molecule has 0 bridgehead atoms. The molecule has 0 radical (unpaired) electrons. The van der Waals surface area contributed by atoms with Gasteiger partial charge in [-0.05, 0) is 13.8 Å². The van der Waals surface area contributed by atoms with Gasteiger partial charge in [-0.1, -0.05) is 0 Å². The zero-order chi connectivity index (χ0) is 8.15.